The molecule has 0 aromatic heterocycles. The molecule has 2 saturated heterocycles. The Bertz CT molecular complexity index is 824. The number of hydrogen-bond donors (Lipinski definition) is 1. The minimum absolute atomic E-state index is 0.000543. The number of aliphatic hydroxyl groups is 1. The van der Waals surface area contributed by atoms with Crippen LogP contribution in [0.4, 0.5) is 18.9 Å². The van der Waals surface area contributed by atoms with Crippen molar-refractivity contribution in [1.82, 2.24) is 4.90 Å². The average Bonchev–Trinajstić information content (AvgIpc) is 3.05. The molecule has 1 amide bonds. The predicted molar refractivity (Wildman–Crippen MR) is 107 cm³/mol. The molecular weight excluding hydrogens is 395 g/mol. The van der Waals surface area contributed by atoms with E-state index in [4.69, 9.17) is 5.26 Å². The predicted octanol–water partition coefficient (Wildman–Crippen LogP) is 3.66. The minimum Gasteiger partial charge on any atom is -0.396 e. The quantitative estimate of drug-likeness (QED) is 0.803. The Morgan fingerprint density at radius 1 is 1.33 bits per heavy atom. The van der Waals surface area contributed by atoms with Crippen molar-refractivity contribution in [2.45, 2.75) is 39.3 Å². The van der Waals surface area contributed by atoms with Crippen LogP contribution in [0.2, 0.25) is 0 Å². The molecule has 0 bridgehead atoms. The van der Waals surface area contributed by atoms with Crippen molar-refractivity contribution in [2.24, 2.45) is 17.3 Å². The number of hydrogen-bond acceptors (Lipinski definition) is 4. The molecule has 1 spiro atoms. The van der Waals surface area contributed by atoms with Crippen LogP contribution in [0, 0.1) is 28.6 Å². The zero-order chi connectivity index (χ0) is 22.1. The molecule has 164 valence electrons. The topological polar surface area (TPSA) is 67.6 Å². The maximum absolute atomic E-state index is 13.3. The number of halogens is 3. The van der Waals surface area contributed by atoms with Gasteiger partial charge in [-0.05, 0) is 42.4 Å². The second-order valence-electron chi connectivity index (χ2n) is 8.94. The summed E-state index contributed by atoms with van der Waals surface area (Å²) in [6.45, 7) is 6.23. The van der Waals surface area contributed by atoms with E-state index in [-0.39, 0.29) is 35.3 Å². The molecule has 0 aliphatic carbocycles. The fourth-order valence-electron chi connectivity index (χ4n) is 4.79. The van der Waals surface area contributed by atoms with Crippen LogP contribution >= 0.6 is 0 Å². The van der Waals surface area contributed by atoms with Gasteiger partial charge in [-0.3, -0.25) is 4.79 Å². The third-order valence-corrected chi connectivity index (χ3v) is 6.52. The summed E-state index contributed by atoms with van der Waals surface area (Å²) < 4.78 is 39.9. The normalized spacial score (nSPS) is 21.3. The van der Waals surface area contributed by atoms with Crippen LogP contribution in [0.3, 0.4) is 0 Å². The summed E-state index contributed by atoms with van der Waals surface area (Å²) >= 11 is 0. The summed E-state index contributed by atoms with van der Waals surface area (Å²) in [5.74, 6) is 0.356. The first-order valence-electron chi connectivity index (χ1n) is 10.3. The number of benzene rings is 1. The van der Waals surface area contributed by atoms with E-state index < -0.39 is 11.7 Å². The van der Waals surface area contributed by atoms with Gasteiger partial charge in [-0.15, -0.1) is 0 Å². The van der Waals surface area contributed by atoms with Crippen LogP contribution in [0.5, 0.6) is 0 Å². The highest BCUT2D eigenvalue weighted by atomic mass is 19.4. The van der Waals surface area contributed by atoms with Gasteiger partial charge in [0.25, 0.3) is 0 Å². The number of nitrogens with zero attached hydrogens (tertiary/aromatic N) is 3. The van der Waals surface area contributed by atoms with Crippen molar-refractivity contribution in [3.63, 3.8) is 0 Å². The lowest BCUT2D eigenvalue weighted by Crippen LogP contribution is -2.45. The lowest BCUT2D eigenvalue weighted by atomic mass is 9.71. The molecule has 5 nitrogen and oxygen atoms in total. The van der Waals surface area contributed by atoms with E-state index in [1.807, 2.05) is 23.6 Å². The summed E-state index contributed by atoms with van der Waals surface area (Å²) in [5.41, 5.74) is -1.04. The zero-order valence-electron chi connectivity index (χ0n) is 17.4. The van der Waals surface area contributed by atoms with Gasteiger partial charge < -0.3 is 14.9 Å². The molecule has 30 heavy (non-hydrogen) atoms. The highest BCUT2D eigenvalue weighted by Gasteiger charge is 2.49. The van der Waals surface area contributed by atoms with Gasteiger partial charge in [-0.2, -0.15) is 18.4 Å². The molecule has 1 aromatic rings. The Labute approximate surface area is 175 Å². The molecule has 0 saturated carbocycles. The molecule has 1 N–H and O–H groups in total. The Morgan fingerprint density at radius 2 is 2.00 bits per heavy atom. The fraction of sp³-hybridized carbons (Fsp3) is 0.636. The summed E-state index contributed by atoms with van der Waals surface area (Å²) in [6.07, 6.45) is -2.70. The first kappa shape index (κ1) is 22.4. The van der Waals surface area contributed by atoms with Crippen molar-refractivity contribution in [3.05, 3.63) is 29.3 Å². The molecule has 8 heteroatoms. The van der Waals surface area contributed by atoms with Crippen LogP contribution in [-0.4, -0.2) is 48.7 Å². The Kier molecular flexibility index (Phi) is 6.32. The van der Waals surface area contributed by atoms with E-state index >= 15 is 0 Å². The van der Waals surface area contributed by atoms with Crippen molar-refractivity contribution in [1.29, 1.82) is 5.26 Å². The molecule has 3 rings (SSSR count). The maximum atomic E-state index is 13.3. The van der Waals surface area contributed by atoms with Gasteiger partial charge in [0.15, 0.2) is 0 Å². The second-order valence-corrected chi connectivity index (χ2v) is 8.94. The first-order valence-corrected chi connectivity index (χ1v) is 10.3. The molecule has 0 radical (unpaired) electrons. The number of carbonyl (C=O) groups is 1. The minimum atomic E-state index is -4.58. The average molecular weight is 423 g/mol. The summed E-state index contributed by atoms with van der Waals surface area (Å²) in [5, 5.41) is 18.9. The number of piperidine rings is 1. The Balaban J connectivity index is 1.74. The molecule has 2 aliphatic rings. The van der Waals surface area contributed by atoms with Gasteiger partial charge in [0.2, 0.25) is 5.91 Å². The number of rotatable bonds is 4. The maximum Gasteiger partial charge on any atom is 0.417 e. The first-order chi connectivity index (χ1) is 14.1. The van der Waals surface area contributed by atoms with Crippen molar-refractivity contribution in [3.8, 4) is 6.07 Å². The van der Waals surface area contributed by atoms with Crippen LogP contribution in [-0.2, 0) is 11.0 Å². The summed E-state index contributed by atoms with van der Waals surface area (Å²) in [7, 11) is 0. The fourth-order valence-corrected chi connectivity index (χ4v) is 4.79. The SMILES string of the molecule is CC(C)CC(=O)N1CC(CO)C2(CCN(c3ccc(C#N)c(C(F)(F)F)c3)CC2)C1. The number of carbonyl (C=O) groups excluding carboxylic acids is 1. The molecule has 2 aliphatic heterocycles. The molecule has 1 atom stereocenters. The number of alkyl halides is 3. The van der Waals surface area contributed by atoms with Crippen LogP contribution in [0.25, 0.3) is 0 Å². The van der Waals surface area contributed by atoms with Crippen molar-refractivity contribution >= 4 is 11.6 Å². The molecule has 1 aromatic carbocycles. The lowest BCUT2D eigenvalue weighted by molar-refractivity contribution is -0.137. The summed E-state index contributed by atoms with van der Waals surface area (Å²) in [4.78, 5) is 16.3. The van der Waals surface area contributed by atoms with E-state index in [1.54, 1.807) is 12.1 Å². The van der Waals surface area contributed by atoms with Gasteiger partial charge in [0.05, 0.1) is 17.2 Å². The number of aliphatic hydroxyl groups excluding tert-OH is 1. The second kappa shape index (κ2) is 8.46. The molecular formula is C22H28F3N3O2. The van der Waals surface area contributed by atoms with Gasteiger partial charge >= 0.3 is 6.18 Å². The third-order valence-electron chi connectivity index (χ3n) is 6.52. The highest BCUT2D eigenvalue weighted by Crippen LogP contribution is 2.46. The van der Waals surface area contributed by atoms with E-state index in [2.05, 4.69) is 0 Å². The van der Waals surface area contributed by atoms with Gasteiger partial charge in [-0.25, -0.2) is 0 Å². The zero-order valence-corrected chi connectivity index (χ0v) is 17.4. The molecule has 1 unspecified atom stereocenters. The van der Waals surface area contributed by atoms with Crippen molar-refractivity contribution in [2.75, 3.05) is 37.7 Å². The third kappa shape index (κ3) is 4.41. The van der Waals surface area contributed by atoms with Gasteiger partial charge in [0, 0.05) is 50.8 Å². The molecule has 2 fully saturated rings. The number of anilines is 1. The number of likely N-dealkylation sites (tertiary alicyclic amines) is 1. The van der Waals surface area contributed by atoms with E-state index in [9.17, 15) is 23.1 Å². The van der Waals surface area contributed by atoms with Crippen LogP contribution < -0.4 is 4.90 Å². The lowest BCUT2D eigenvalue weighted by Gasteiger charge is -2.43. The van der Waals surface area contributed by atoms with Crippen molar-refractivity contribution < 1.29 is 23.1 Å². The van der Waals surface area contributed by atoms with E-state index in [1.165, 1.54) is 6.07 Å². The van der Waals surface area contributed by atoms with E-state index in [0.29, 0.717) is 51.1 Å². The summed E-state index contributed by atoms with van der Waals surface area (Å²) in [6, 6.07) is 5.44. The monoisotopic (exact) mass is 423 g/mol. The number of amides is 1. The van der Waals surface area contributed by atoms with E-state index in [0.717, 1.165) is 6.07 Å². The highest BCUT2D eigenvalue weighted by molar-refractivity contribution is 5.76. The smallest absolute Gasteiger partial charge is 0.396 e. The Hall–Kier alpha value is -2.27. The standard InChI is InChI=1S/C22H28F3N3O2/c1-15(2)9-20(30)28-12-17(13-29)21(14-28)5-7-27(8-6-21)18-4-3-16(11-26)19(10-18)22(23,24)25/h3-4,10,15,17,29H,5-9,12-14H2,1-2H3. The van der Waals surface area contributed by atoms with Gasteiger partial charge in [0.1, 0.15) is 0 Å². The van der Waals surface area contributed by atoms with Crippen LogP contribution in [0.1, 0.15) is 44.2 Å². The molecule has 2 heterocycles. The largest absolute Gasteiger partial charge is 0.417 e. The van der Waals surface area contributed by atoms with Gasteiger partial charge in [-0.1, -0.05) is 13.8 Å². The number of nitriles is 1. The van der Waals surface area contributed by atoms with Crippen LogP contribution in [0.15, 0.2) is 18.2 Å². The Morgan fingerprint density at radius 3 is 2.53 bits per heavy atom.